The Hall–Kier alpha value is -3.91. The van der Waals surface area contributed by atoms with Gasteiger partial charge < -0.3 is 5.11 Å². The van der Waals surface area contributed by atoms with Gasteiger partial charge in [-0.2, -0.15) is 0 Å². The van der Waals surface area contributed by atoms with Crippen molar-refractivity contribution in [3.05, 3.63) is 100 Å². The molecule has 0 saturated carbocycles. The zero-order chi connectivity index (χ0) is 24.1. The Bertz CT molecular complexity index is 1510. The molecule has 1 aliphatic heterocycles. The molecule has 1 amide bonds. The molecule has 1 aromatic heterocycles. The van der Waals surface area contributed by atoms with E-state index < -0.39 is 35.1 Å². The number of hydrogen-bond donors (Lipinski definition) is 1. The van der Waals surface area contributed by atoms with Gasteiger partial charge in [0.25, 0.3) is 5.78 Å². The lowest BCUT2D eigenvalue weighted by atomic mass is 9.95. The molecule has 5 rings (SSSR count). The van der Waals surface area contributed by atoms with Crippen LogP contribution in [0.5, 0.6) is 0 Å². The summed E-state index contributed by atoms with van der Waals surface area (Å²) in [4.78, 5) is 32.2. The number of benzene rings is 3. The number of thiazole rings is 1. The lowest BCUT2D eigenvalue weighted by molar-refractivity contribution is -0.132. The zero-order valence-corrected chi connectivity index (χ0v) is 19.0. The number of Topliss-reactive ketones (excluding diaryl/α,β-unsaturated/α-hetero) is 1. The molecule has 1 saturated heterocycles. The van der Waals surface area contributed by atoms with Crippen molar-refractivity contribution >= 4 is 44.1 Å². The van der Waals surface area contributed by atoms with Crippen molar-refractivity contribution in [2.45, 2.75) is 19.9 Å². The second-order valence-corrected chi connectivity index (χ2v) is 9.17. The van der Waals surface area contributed by atoms with Crippen LogP contribution < -0.4 is 4.90 Å². The molecule has 0 aliphatic carbocycles. The summed E-state index contributed by atoms with van der Waals surface area (Å²) in [6.45, 7) is 3.86. The van der Waals surface area contributed by atoms with Crippen LogP contribution in [0, 0.1) is 25.5 Å². The standard InChI is InChI=1S/C26H18F2N2O3S/c1-13-10-14(2)21-19(11-13)34-26(29-21)30-22(16-4-3-5-18(28)12-16)20(24(32)25(30)33)23(31)15-6-8-17(27)9-7-15/h3-12,22,31H,1-2H3/t22-/m0/s1. The van der Waals surface area contributed by atoms with Crippen LogP contribution in [-0.4, -0.2) is 21.8 Å². The third kappa shape index (κ3) is 3.56. The van der Waals surface area contributed by atoms with Gasteiger partial charge in [0.2, 0.25) is 0 Å². The first-order valence-corrected chi connectivity index (χ1v) is 11.3. The molecule has 0 bridgehead atoms. The maximum atomic E-state index is 14.2. The lowest BCUT2D eigenvalue weighted by Crippen LogP contribution is -2.29. The number of halogens is 2. The van der Waals surface area contributed by atoms with Gasteiger partial charge in [0.05, 0.1) is 21.8 Å². The highest BCUT2D eigenvalue weighted by atomic mass is 32.1. The van der Waals surface area contributed by atoms with E-state index in [4.69, 9.17) is 0 Å². The molecule has 0 radical (unpaired) electrons. The molecule has 1 atom stereocenters. The highest BCUT2D eigenvalue weighted by Crippen LogP contribution is 2.44. The smallest absolute Gasteiger partial charge is 0.301 e. The quantitative estimate of drug-likeness (QED) is 0.230. The van der Waals surface area contributed by atoms with Crippen molar-refractivity contribution in [1.29, 1.82) is 0 Å². The number of amides is 1. The number of carbonyl (C=O) groups is 2. The van der Waals surface area contributed by atoms with E-state index in [0.717, 1.165) is 28.0 Å². The molecule has 3 aromatic carbocycles. The first kappa shape index (κ1) is 21.9. The van der Waals surface area contributed by atoms with Gasteiger partial charge in [-0.05, 0) is 73.0 Å². The third-order valence-corrected chi connectivity index (χ3v) is 6.75. The van der Waals surface area contributed by atoms with Crippen LogP contribution in [0.2, 0.25) is 0 Å². The fraction of sp³-hybridized carbons (Fsp3) is 0.115. The van der Waals surface area contributed by atoms with Crippen LogP contribution >= 0.6 is 11.3 Å². The molecule has 170 valence electrons. The summed E-state index contributed by atoms with van der Waals surface area (Å²) in [6, 6.07) is 13.2. The van der Waals surface area contributed by atoms with Gasteiger partial charge >= 0.3 is 5.91 Å². The Balaban J connectivity index is 1.75. The van der Waals surface area contributed by atoms with Crippen LogP contribution in [0.15, 0.2) is 66.2 Å². The van der Waals surface area contributed by atoms with Crippen molar-refractivity contribution in [2.24, 2.45) is 0 Å². The Morgan fingerprint density at radius 1 is 1.00 bits per heavy atom. The molecular formula is C26H18F2N2O3S. The fourth-order valence-electron chi connectivity index (χ4n) is 4.25. The largest absolute Gasteiger partial charge is 0.507 e. The monoisotopic (exact) mass is 476 g/mol. The van der Waals surface area contributed by atoms with Gasteiger partial charge in [-0.25, -0.2) is 13.8 Å². The van der Waals surface area contributed by atoms with Crippen molar-refractivity contribution in [2.75, 3.05) is 4.90 Å². The molecule has 34 heavy (non-hydrogen) atoms. The number of carbonyl (C=O) groups excluding carboxylic acids is 2. The van der Waals surface area contributed by atoms with Crippen LogP contribution in [0.1, 0.15) is 28.3 Å². The number of hydrogen-bond acceptors (Lipinski definition) is 5. The lowest BCUT2D eigenvalue weighted by Gasteiger charge is -2.23. The summed E-state index contributed by atoms with van der Waals surface area (Å²) < 4.78 is 28.4. The zero-order valence-electron chi connectivity index (χ0n) is 18.2. The summed E-state index contributed by atoms with van der Waals surface area (Å²) in [7, 11) is 0. The Labute approximate surface area is 197 Å². The number of aliphatic hydroxyl groups excluding tert-OH is 1. The Morgan fingerprint density at radius 3 is 2.44 bits per heavy atom. The molecule has 1 fully saturated rings. The average Bonchev–Trinajstić information content (AvgIpc) is 3.33. The van der Waals surface area contributed by atoms with Gasteiger partial charge in [-0.3, -0.25) is 14.5 Å². The minimum atomic E-state index is -1.11. The van der Waals surface area contributed by atoms with Crippen LogP contribution in [0.3, 0.4) is 0 Å². The van der Waals surface area contributed by atoms with Crippen LogP contribution in [-0.2, 0) is 9.59 Å². The summed E-state index contributed by atoms with van der Waals surface area (Å²) in [5.41, 5.74) is 2.90. The van der Waals surface area contributed by atoms with E-state index in [0.29, 0.717) is 11.1 Å². The first-order chi connectivity index (χ1) is 16.2. The number of aliphatic hydroxyl groups is 1. The predicted octanol–water partition coefficient (Wildman–Crippen LogP) is 5.82. The Morgan fingerprint density at radius 2 is 1.74 bits per heavy atom. The maximum Gasteiger partial charge on any atom is 0.301 e. The SMILES string of the molecule is Cc1cc(C)c2nc(N3C(=O)C(=O)C(=C(O)c4ccc(F)cc4)[C@@H]3c3cccc(F)c3)sc2c1. The fourth-order valence-corrected chi connectivity index (χ4v) is 5.42. The molecule has 2 heterocycles. The Kier molecular flexibility index (Phi) is 5.25. The molecule has 1 N–H and O–H groups in total. The van der Waals surface area contributed by atoms with Crippen molar-refractivity contribution in [1.82, 2.24) is 4.98 Å². The summed E-state index contributed by atoms with van der Waals surface area (Å²) in [5.74, 6) is -3.35. The van der Waals surface area contributed by atoms with Crippen LogP contribution in [0.4, 0.5) is 13.9 Å². The number of aromatic nitrogens is 1. The van der Waals surface area contributed by atoms with Gasteiger partial charge in [0.15, 0.2) is 5.13 Å². The summed E-state index contributed by atoms with van der Waals surface area (Å²) in [5, 5.41) is 11.3. The topological polar surface area (TPSA) is 70.5 Å². The summed E-state index contributed by atoms with van der Waals surface area (Å²) >= 11 is 1.24. The number of rotatable bonds is 3. The normalized spacial score (nSPS) is 17.6. The minimum Gasteiger partial charge on any atom is -0.507 e. The first-order valence-electron chi connectivity index (χ1n) is 10.4. The molecule has 0 spiro atoms. The minimum absolute atomic E-state index is 0.163. The van der Waals surface area contributed by atoms with E-state index in [2.05, 4.69) is 4.98 Å². The average molecular weight is 477 g/mol. The van der Waals surface area contributed by atoms with Crippen molar-refractivity contribution in [3.63, 3.8) is 0 Å². The van der Waals surface area contributed by atoms with E-state index >= 15 is 0 Å². The van der Waals surface area contributed by atoms with Crippen LogP contribution in [0.25, 0.3) is 16.0 Å². The van der Waals surface area contributed by atoms with Gasteiger partial charge in [-0.15, -0.1) is 0 Å². The van der Waals surface area contributed by atoms with E-state index in [1.54, 1.807) is 6.07 Å². The second kappa shape index (κ2) is 8.14. The van der Waals surface area contributed by atoms with E-state index in [1.165, 1.54) is 46.6 Å². The van der Waals surface area contributed by atoms with Gasteiger partial charge in [0.1, 0.15) is 17.4 Å². The number of ketones is 1. The number of fused-ring (bicyclic) bond motifs is 1. The molecule has 0 unspecified atom stereocenters. The van der Waals surface area contributed by atoms with Crippen molar-refractivity contribution < 1.29 is 23.5 Å². The van der Waals surface area contributed by atoms with E-state index in [-0.39, 0.29) is 16.3 Å². The van der Waals surface area contributed by atoms with E-state index in [9.17, 15) is 23.5 Å². The number of aryl methyl sites for hydroxylation is 2. The summed E-state index contributed by atoms with van der Waals surface area (Å²) in [6.07, 6.45) is 0. The third-order valence-electron chi connectivity index (χ3n) is 5.75. The molecule has 1 aliphatic rings. The maximum absolute atomic E-state index is 14.2. The molecule has 8 heteroatoms. The second-order valence-electron chi connectivity index (χ2n) is 8.16. The van der Waals surface area contributed by atoms with E-state index in [1.807, 2.05) is 26.0 Å². The molecule has 4 aromatic rings. The highest BCUT2D eigenvalue weighted by molar-refractivity contribution is 7.22. The van der Waals surface area contributed by atoms with Gasteiger partial charge in [-0.1, -0.05) is 29.5 Å². The van der Waals surface area contributed by atoms with Crippen molar-refractivity contribution in [3.8, 4) is 0 Å². The number of anilines is 1. The highest BCUT2D eigenvalue weighted by Gasteiger charge is 2.48. The predicted molar refractivity (Wildman–Crippen MR) is 127 cm³/mol. The molecular weight excluding hydrogens is 458 g/mol. The molecule has 5 nitrogen and oxygen atoms in total. The number of nitrogens with zero attached hydrogens (tertiary/aromatic N) is 2. The van der Waals surface area contributed by atoms with Gasteiger partial charge in [0, 0.05) is 5.56 Å².